The Morgan fingerprint density at radius 2 is 1.55 bits per heavy atom. The smallest absolute Gasteiger partial charge is 0.120 e. The van der Waals surface area contributed by atoms with Crippen LogP contribution in [0.25, 0.3) is 0 Å². The molecule has 0 N–H and O–H groups in total. The Hall–Kier alpha value is -0.330. The first kappa shape index (κ1) is 20.6. The second-order valence-electron chi connectivity index (χ2n) is 13.6. The second-order valence-corrected chi connectivity index (χ2v) is 13.6. The molecule has 0 heterocycles. The molecule has 5 aliphatic carbocycles. The van der Waals surface area contributed by atoms with Gasteiger partial charge in [-0.1, -0.05) is 41.5 Å². The molecule has 3 unspecified atom stereocenters. The molecule has 29 heavy (non-hydrogen) atoms. The van der Waals surface area contributed by atoms with Crippen LogP contribution in [0.1, 0.15) is 112 Å². The van der Waals surface area contributed by atoms with Crippen LogP contribution in [-0.2, 0) is 4.79 Å². The third kappa shape index (κ3) is 2.27. The molecular weight excluding hydrogens is 352 g/mol. The molecule has 0 bridgehead atoms. The molecule has 9 atom stereocenters. The van der Waals surface area contributed by atoms with Gasteiger partial charge in [0, 0.05) is 6.42 Å². The van der Waals surface area contributed by atoms with Gasteiger partial charge < -0.3 is 4.79 Å². The van der Waals surface area contributed by atoms with E-state index < -0.39 is 0 Å². The fourth-order valence-corrected chi connectivity index (χ4v) is 11.0. The fourth-order valence-electron chi connectivity index (χ4n) is 11.0. The van der Waals surface area contributed by atoms with Gasteiger partial charge in [-0.3, -0.25) is 0 Å². The van der Waals surface area contributed by atoms with Gasteiger partial charge >= 0.3 is 0 Å². The predicted molar refractivity (Wildman–Crippen MR) is 121 cm³/mol. The normalized spacial score (nSPS) is 55.8. The van der Waals surface area contributed by atoms with Crippen molar-refractivity contribution in [2.24, 2.45) is 56.7 Å². The summed E-state index contributed by atoms with van der Waals surface area (Å²) in [5, 5.41) is 0. The maximum absolute atomic E-state index is 11.0. The Balaban J connectivity index is 1.46. The molecule has 0 aromatic heterocycles. The summed E-state index contributed by atoms with van der Waals surface area (Å²) in [6, 6.07) is 0. The van der Waals surface area contributed by atoms with Gasteiger partial charge in [0.25, 0.3) is 0 Å². The number of hydrogen-bond donors (Lipinski definition) is 0. The van der Waals surface area contributed by atoms with E-state index in [9.17, 15) is 4.79 Å². The fraction of sp³-hybridized carbons (Fsp3) is 0.964. The Morgan fingerprint density at radius 1 is 0.862 bits per heavy atom. The van der Waals surface area contributed by atoms with Gasteiger partial charge in [0.05, 0.1) is 0 Å². The summed E-state index contributed by atoms with van der Waals surface area (Å²) in [6.45, 7) is 15.6. The van der Waals surface area contributed by atoms with Gasteiger partial charge in [-0.05, 0) is 121 Å². The molecule has 5 aliphatic rings. The quantitative estimate of drug-likeness (QED) is 0.444. The molecular formula is C28H46O. The third-order valence-electron chi connectivity index (χ3n) is 13.2. The van der Waals surface area contributed by atoms with Gasteiger partial charge in [-0.2, -0.15) is 0 Å². The van der Waals surface area contributed by atoms with Crippen LogP contribution < -0.4 is 0 Å². The molecule has 0 aliphatic heterocycles. The minimum atomic E-state index is 0.499. The van der Waals surface area contributed by atoms with Crippen LogP contribution in [-0.4, -0.2) is 6.29 Å². The largest absolute Gasteiger partial charge is 0.303 e. The highest BCUT2D eigenvalue weighted by molar-refractivity contribution is 5.49. The van der Waals surface area contributed by atoms with E-state index in [1.54, 1.807) is 6.42 Å². The van der Waals surface area contributed by atoms with E-state index in [0.29, 0.717) is 33.0 Å². The average Bonchev–Trinajstić information content (AvgIpc) is 3.26. The van der Waals surface area contributed by atoms with Crippen molar-refractivity contribution < 1.29 is 4.79 Å². The van der Waals surface area contributed by atoms with E-state index in [0.717, 1.165) is 42.8 Å². The van der Waals surface area contributed by atoms with Gasteiger partial charge in [-0.25, -0.2) is 0 Å². The van der Waals surface area contributed by atoms with Gasteiger partial charge in [0.15, 0.2) is 0 Å². The predicted octanol–water partition coefficient (Wildman–Crippen LogP) is 7.68. The number of rotatable bonds is 4. The Kier molecular flexibility index (Phi) is 4.35. The van der Waals surface area contributed by atoms with Gasteiger partial charge in [-0.15, -0.1) is 0 Å². The highest BCUT2D eigenvalue weighted by Gasteiger charge is 2.81. The van der Waals surface area contributed by atoms with Crippen LogP contribution in [0.2, 0.25) is 0 Å². The number of hydrogen-bond acceptors (Lipinski definition) is 1. The topological polar surface area (TPSA) is 17.1 Å². The minimum absolute atomic E-state index is 0.499. The minimum Gasteiger partial charge on any atom is -0.303 e. The first-order valence-electron chi connectivity index (χ1n) is 13.0. The van der Waals surface area contributed by atoms with Crippen molar-refractivity contribution in [2.75, 3.05) is 0 Å². The van der Waals surface area contributed by atoms with Crippen molar-refractivity contribution in [1.29, 1.82) is 0 Å². The lowest BCUT2D eigenvalue weighted by Crippen LogP contribution is -2.56. The molecule has 0 aromatic carbocycles. The lowest BCUT2D eigenvalue weighted by Gasteiger charge is -2.63. The molecule has 2 spiro atoms. The summed E-state index contributed by atoms with van der Waals surface area (Å²) in [5.41, 5.74) is 2.97. The van der Waals surface area contributed by atoms with Crippen molar-refractivity contribution in [3.63, 3.8) is 0 Å². The highest BCUT2D eigenvalue weighted by atomic mass is 16.1. The van der Waals surface area contributed by atoms with Crippen LogP contribution in [0, 0.1) is 56.7 Å². The molecule has 0 radical (unpaired) electrons. The number of fused-ring (bicyclic) bond motifs is 2. The number of aldehydes is 1. The lowest BCUT2D eigenvalue weighted by molar-refractivity contribution is -0.149. The molecule has 1 nitrogen and oxygen atoms in total. The van der Waals surface area contributed by atoms with E-state index in [1.165, 1.54) is 51.4 Å². The summed E-state index contributed by atoms with van der Waals surface area (Å²) in [6.07, 6.45) is 16.4. The second kappa shape index (κ2) is 6.13. The highest BCUT2D eigenvalue weighted by Crippen LogP contribution is 2.89. The maximum Gasteiger partial charge on any atom is 0.120 e. The van der Waals surface area contributed by atoms with Crippen molar-refractivity contribution in [1.82, 2.24) is 0 Å². The summed E-state index contributed by atoms with van der Waals surface area (Å²) < 4.78 is 0. The van der Waals surface area contributed by atoms with E-state index >= 15 is 0 Å². The van der Waals surface area contributed by atoms with Gasteiger partial charge in [0.1, 0.15) is 6.29 Å². The molecule has 0 amide bonds. The molecule has 5 fully saturated rings. The van der Waals surface area contributed by atoms with Crippen LogP contribution >= 0.6 is 0 Å². The van der Waals surface area contributed by atoms with E-state index in [1.807, 2.05) is 0 Å². The van der Waals surface area contributed by atoms with Crippen molar-refractivity contribution in [3.05, 3.63) is 0 Å². The monoisotopic (exact) mass is 398 g/mol. The zero-order valence-electron chi connectivity index (χ0n) is 20.2. The molecule has 0 aromatic rings. The zero-order chi connectivity index (χ0) is 20.9. The molecule has 5 rings (SSSR count). The first-order chi connectivity index (χ1) is 13.6. The SMILES string of the molecule is C[C@H](CCC=O)C1CC[C@@]2(C)C3CCC4C(C)(C)[C@@H](C)CC[C@@]45C[C@@]35CC[C@]12C. The summed E-state index contributed by atoms with van der Waals surface area (Å²) in [4.78, 5) is 11.0. The Labute approximate surface area is 180 Å². The van der Waals surface area contributed by atoms with Crippen molar-refractivity contribution in [3.8, 4) is 0 Å². The van der Waals surface area contributed by atoms with Crippen LogP contribution in [0.4, 0.5) is 0 Å². The van der Waals surface area contributed by atoms with Crippen LogP contribution in [0.5, 0.6) is 0 Å². The van der Waals surface area contributed by atoms with E-state index in [2.05, 4.69) is 41.5 Å². The average molecular weight is 399 g/mol. The van der Waals surface area contributed by atoms with E-state index in [4.69, 9.17) is 0 Å². The Morgan fingerprint density at radius 3 is 2.28 bits per heavy atom. The lowest BCUT2D eigenvalue weighted by atomic mass is 9.41. The van der Waals surface area contributed by atoms with Crippen molar-refractivity contribution in [2.45, 2.75) is 112 Å². The molecule has 164 valence electrons. The molecule has 5 saturated carbocycles. The summed E-state index contributed by atoms with van der Waals surface area (Å²) in [7, 11) is 0. The number of carbonyl (C=O) groups excluding carboxylic acids is 1. The summed E-state index contributed by atoms with van der Waals surface area (Å²) >= 11 is 0. The van der Waals surface area contributed by atoms with Crippen LogP contribution in [0.3, 0.4) is 0 Å². The Bertz CT molecular complexity index is 694. The van der Waals surface area contributed by atoms with Gasteiger partial charge in [0.2, 0.25) is 0 Å². The maximum atomic E-state index is 11.0. The third-order valence-corrected chi connectivity index (χ3v) is 13.2. The summed E-state index contributed by atoms with van der Waals surface area (Å²) in [5.74, 6) is 4.38. The number of carbonyl (C=O) groups is 1. The standard InChI is InChI=1S/C28H46O/c1-19(8-7-17-29)21-12-13-26(6)23-10-9-22-24(3,4)20(2)11-14-27(22)18-28(23,27)16-15-25(21,26)5/h17,19-23H,7-16,18H2,1-6H3/t19-,20+,21?,22?,23?,25-,26+,27-,28+/m1/s1. The zero-order valence-corrected chi connectivity index (χ0v) is 20.2. The molecule has 1 heteroatoms. The molecule has 0 saturated heterocycles. The van der Waals surface area contributed by atoms with Crippen molar-refractivity contribution >= 4 is 6.29 Å². The van der Waals surface area contributed by atoms with E-state index in [-0.39, 0.29) is 0 Å². The van der Waals surface area contributed by atoms with Crippen LogP contribution in [0.15, 0.2) is 0 Å². The first-order valence-corrected chi connectivity index (χ1v) is 13.0.